The van der Waals surface area contributed by atoms with E-state index in [-0.39, 0.29) is 12.2 Å². The Bertz CT molecular complexity index is 1360. The number of anilines is 1. The Morgan fingerprint density at radius 3 is 2.19 bits per heavy atom. The number of imide groups is 1. The van der Waals surface area contributed by atoms with Crippen molar-refractivity contribution in [2.45, 2.75) is 18.0 Å². The molecule has 190 valence electrons. The van der Waals surface area contributed by atoms with Crippen LogP contribution < -0.4 is 19.7 Å². The molecule has 2 heterocycles. The summed E-state index contributed by atoms with van der Waals surface area (Å²) in [5, 5.41) is 24.5. The van der Waals surface area contributed by atoms with E-state index in [9.17, 15) is 24.6 Å². The number of aliphatic carboxylic acids is 1. The third-order valence-corrected chi connectivity index (χ3v) is 7.26. The number of benzene rings is 3. The van der Waals surface area contributed by atoms with Crippen LogP contribution in [-0.2, 0) is 20.8 Å². The lowest BCUT2D eigenvalue weighted by molar-refractivity contribution is -0.148. The molecule has 5 rings (SSSR count). The van der Waals surface area contributed by atoms with E-state index in [0.29, 0.717) is 28.3 Å². The number of hydrogen-bond donors (Lipinski definition) is 3. The van der Waals surface area contributed by atoms with E-state index in [2.05, 4.69) is 5.32 Å². The van der Waals surface area contributed by atoms with Crippen molar-refractivity contribution in [3.63, 3.8) is 0 Å². The predicted molar refractivity (Wildman–Crippen MR) is 134 cm³/mol. The molecule has 0 unspecified atom stereocenters. The number of ether oxygens (including phenoxy) is 2. The van der Waals surface area contributed by atoms with Gasteiger partial charge in [-0.15, -0.1) is 0 Å². The van der Waals surface area contributed by atoms with Gasteiger partial charge in [0.05, 0.1) is 31.7 Å². The summed E-state index contributed by atoms with van der Waals surface area (Å²) in [6.07, 6.45) is -0.0345. The number of amides is 2. The number of fused-ring (bicyclic) bond motifs is 1. The van der Waals surface area contributed by atoms with E-state index in [4.69, 9.17) is 9.47 Å². The van der Waals surface area contributed by atoms with Gasteiger partial charge in [0.25, 0.3) is 0 Å². The maximum atomic E-state index is 13.9. The van der Waals surface area contributed by atoms with E-state index in [1.807, 2.05) is 6.07 Å². The van der Waals surface area contributed by atoms with Crippen LogP contribution in [0.5, 0.6) is 17.2 Å². The van der Waals surface area contributed by atoms with Crippen LogP contribution in [0.4, 0.5) is 5.69 Å². The molecule has 0 aromatic heterocycles. The lowest BCUT2D eigenvalue weighted by atomic mass is 9.76. The Labute approximate surface area is 213 Å². The Morgan fingerprint density at radius 2 is 1.59 bits per heavy atom. The number of hydrogen-bond acceptors (Lipinski definition) is 7. The number of nitrogens with zero attached hydrogens (tertiary/aromatic N) is 1. The molecule has 2 aliphatic rings. The fraction of sp³-hybridized carbons (Fsp3) is 0.250. The van der Waals surface area contributed by atoms with Crippen LogP contribution >= 0.6 is 0 Å². The molecule has 3 aromatic carbocycles. The molecular weight excluding hydrogens is 476 g/mol. The number of methoxy groups -OCH3 is 2. The number of phenols is 1. The molecule has 9 heteroatoms. The monoisotopic (exact) mass is 502 g/mol. The second kappa shape index (κ2) is 9.25. The Morgan fingerprint density at radius 1 is 0.946 bits per heavy atom. The van der Waals surface area contributed by atoms with Gasteiger partial charge in [-0.1, -0.05) is 36.4 Å². The molecule has 0 radical (unpaired) electrons. The summed E-state index contributed by atoms with van der Waals surface area (Å²) in [6, 6.07) is 19.0. The molecule has 0 spiro atoms. The summed E-state index contributed by atoms with van der Waals surface area (Å²) < 4.78 is 10.4. The molecule has 0 aliphatic carbocycles. The first-order valence-corrected chi connectivity index (χ1v) is 11.7. The molecule has 0 saturated carbocycles. The fourth-order valence-corrected chi connectivity index (χ4v) is 5.52. The van der Waals surface area contributed by atoms with Gasteiger partial charge in [0.15, 0.2) is 0 Å². The lowest BCUT2D eigenvalue weighted by Crippen LogP contribution is -2.57. The first-order valence-electron chi connectivity index (χ1n) is 11.7. The number of aromatic hydroxyl groups is 1. The maximum absolute atomic E-state index is 13.9. The molecule has 2 saturated heterocycles. The van der Waals surface area contributed by atoms with Crippen molar-refractivity contribution < 1.29 is 34.1 Å². The van der Waals surface area contributed by atoms with Gasteiger partial charge >= 0.3 is 5.97 Å². The minimum atomic E-state index is -1.79. The zero-order valence-electron chi connectivity index (χ0n) is 20.3. The number of nitrogens with one attached hydrogen (secondary N) is 1. The van der Waals surface area contributed by atoms with Crippen LogP contribution in [0.3, 0.4) is 0 Å². The van der Waals surface area contributed by atoms with Gasteiger partial charge in [0.1, 0.15) is 22.8 Å². The predicted octanol–water partition coefficient (Wildman–Crippen LogP) is 2.93. The fourth-order valence-electron chi connectivity index (χ4n) is 5.52. The molecule has 4 atom stereocenters. The SMILES string of the molecule is COc1ccc(N2C(=O)[C@H]3[C@@H](C2=O)[C@](Cc2ccccc2)(C(=O)O)N[C@H]3c2ccc(OC)cc2O)cc1. The second-order valence-electron chi connectivity index (χ2n) is 9.20. The van der Waals surface area contributed by atoms with Gasteiger partial charge < -0.3 is 19.7 Å². The number of rotatable bonds is 7. The van der Waals surface area contributed by atoms with Crippen molar-refractivity contribution in [2.24, 2.45) is 11.8 Å². The van der Waals surface area contributed by atoms with Gasteiger partial charge in [-0.05, 0) is 35.9 Å². The van der Waals surface area contributed by atoms with Crippen molar-refractivity contribution >= 4 is 23.5 Å². The highest BCUT2D eigenvalue weighted by Gasteiger charge is 2.68. The van der Waals surface area contributed by atoms with Crippen LogP contribution in [0, 0.1) is 11.8 Å². The molecule has 3 N–H and O–H groups in total. The average Bonchev–Trinajstić information content (AvgIpc) is 3.38. The van der Waals surface area contributed by atoms with E-state index in [1.165, 1.54) is 20.3 Å². The molecule has 2 amide bonds. The van der Waals surface area contributed by atoms with Crippen LogP contribution in [0.15, 0.2) is 72.8 Å². The standard InChI is InChI=1S/C28H26N2O7/c1-36-18-10-8-17(9-11-18)30-25(32)22-23(26(30)33)28(27(34)35,15-16-6-4-3-5-7-16)29-24(22)20-13-12-19(37-2)14-21(20)31/h3-14,22-24,29,31H,15H2,1-2H3,(H,34,35)/t22-,23-,24-,28+/m0/s1. The van der Waals surface area contributed by atoms with Crippen LogP contribution in [0.2, 0.25) is 0 Å². The number of carboxylic acid groups (broad SMARTS) is 1. The third-order valence-electron chi connectivity index (χ3n) is 7.26. The number of carboxylic acids is 1. The molecule has 9 nitrogen and oxygen atoms in total. The highest BCUT2D eigenvalue weighted by atomic mass is 16.5. The highest BCUT2D eigenvalue weighted by molar-refractivity contribution is 6.24. The first-order chi connectivity index (χ1) is 17.8. The van der Waals surface area contributed by atoms with Gasteiger partial charge in [0.2, 0.25) is 11.8 Å². The van der Waals surface area contributed by atoms with Gasteiger partial charge in [-0.25, -0.2) is 4.90 Å². The largest absolute Gasteiger partial charge is 0.507 e. The van der Waals surface area contributed by atoms with E-state index in [0.717, 1.165) is 4.90 Å². The number of carbonyl (C=O) groups is 3. The topological polar surface area (TPSA) is 125 Å². The summed E-state index contributed by atoms with van der Waals surface area (Å²) in [6.45, 7) is 0. The smallest absolute Gasteiger partial charge is 0.325 e. The summed E-state index contributed by atoms with van der Waals surface area (Å²) >= 11 is 0. The minimum Gasteiger partial charge on any atom is -0.507 e. The Balaban J connectivity index is 1.65. The maximum Gasteiger partial charge on any atom is 0.325 e. The second-order valence-corrected chi connectivity index (χ2v) is 9.20. The van der Waals surface area contributed by atoms with Gasteiger partial charge in [-0.2, -0.15) is 0 Å². The summed E-state index contributed by atoms with van der Waals surface area (Å²) in [7, 11) is 2.97. The Hall–Kier alpha value is -4.37. The van der Waals surface area contributed by atoms with E-state index >= 15 is 0 Å². The molecule has 37 heavy (non-hydrogen) atoms. The van der Waals surface area contributed by atoms with Gasteiger partial charge in [-0.3, -0.25) is 19.7 Å². The summed E-state index contributed by atoms with van der Waals surface area (Å²) in [5.41, 5.74) is -0.470. The van der Waals surface area contributed by atoms with Crippen molar-refractivity contribution in [3.8, 4) is 17.2 Å². The van der Waals surface area contributed by atoms with Crippen molar-refractivity contribution in [1.82, 2.24) is 5.32 Å². The van der Waals surface area contributed by atoms with E-state index < -0.39 is 41.2 Å². The molecule has 0 bridgehead atoms. The molecular formula is C28H26N2O7. The highest BCUT2D eigenvalue weighted by Crippen LogP contribution is 2.52. The number of carbonyl (C=O) groups excluding carboxylic acids is 2. The molecule has 2 fully saturated rings. The van der Waals surface area contributed by atoms with Gasteiger partial charge in [0, 0.05) is 24.1 Å². The van der Waals surface area contributed by atoms with Crippen molar-refractivity contribution in [2.75, 3.05) is 19.1 Å². The zero-order chi connectivity index (χ0) is 26.3. The van der Waals surface area contributed by atoms with Crippen LogP contribution in [0.1, 0.15) is 17.2 Å². The summed E-state index contributed by atoms with van der Waals surface area (Å²) in [4.78, 5) is 41.8. The van der Waals surface area contributed by atoms with Crippen molar-refractivity contribution in [1.29, 1.82) is 0 Å². The molecule has 3 aromatic rings. The number of phenolic OH excluding ortho intramolecular Hbond substituents is 1. The van der Waals surface area contributed by atoms with E-state index in [1.54, 1.807) is 60.7 Å². The normalized spacial score (nSPS) is 24.7. The summed E-state index contributed by atoms with van der Waals surface area (Å²) in [5.74, 6) is -3.89. The van der Waals surface area contributed by atoms with Crippen molar-refractivity contribution in [3.05, 3.63) is 83.9 Å². The minimum absolute atomic E-state index is 0.0345. The zero-order valence-corrected chi connectivity index (χ0v) is 20.3. The average molecular weight is 503 g/mol. The van der Waals surface area contributed by atoms with Crippen LogP contribution in [-0.4, -0.2) is 47.8 Å². The third kappa shape index (κ3) is 3.88. The van der Waals surface area contributed by atoms with Crippen LogP contribution in [0.25, 0.3) is 0 Å². The quantitative estimate of drug-likeness (QED) is 0.421. The molecule has 2 aliphatic heterocycles. The lowest BCUT2D eigenvalue weighted by Gasteiger charge is -2.31. The first kappa shape index (κ1) is 24.3. The Kier molecular flexibility index (Phi) is 6.08.